The Morgan fingerprint density at radius 3 is 2.75 bits per heavy atom. The van der Waals surface area contributed by atoms with Gasteiger partial charge in [0.1, 0.15) is 6.04 Å². The number of amides is 1. The lowest BCUT2D eigenvalue weighted by molar-refractivity contribution is -0.125. The van der Waals surface area contributed by atoms with Crippen molar-refractivity contribution < 1.29 is 9.90 Å². The molecule has 0 bridgehead atoms. The van der Waals surface area contributed by atoms with E-state index in [-0.39, 0.29) is 11.9 Å². The minimum Gasteiger partial charge on any atom is -0.391 e. The number of aliphatic hydroxyl groups excluding tert-OH is 1. The first-order chi connectivity index (χ1) is 9.42. The van der Waals surface area contributed by atoms with E-state index in [1.54, 1.807) is 25.4 Å². The lowest BCUT2D eigenvalue weighted by Crippen LogP contribution is -2.56. The Hall–Kier alpha value is -1.69. The predicted molar refractivity (Wildman–Crippen MR) is 76.3 cm³/mol. The van der Waals surface area contributed by atoms with Gasteiger partial charge in [0, 0.05) is 18.9 Å². The third-order valence-corrected chi connectivity index (χ3v) is 3.85. The number of hydrogen-bond donors (Lipinski definition) is 2. The van der Waals surface area contributed by atoms with E-state index in [9.17, 15) is 9.90 Å². The maximum absolute atomic E-state index is 12.4. The summed E-state index contributed by atoms with van der Waals surface area (Å²) in [5, 5.41) is 12.6. The fourth-order valence-corrected chi connectivity index (χ4v) is 2.22. The van der Waals surface area contributed by atoms with Crippen LogP contribution in [0.2, 0.25) is 0 Å². The van der Waals surface area contributed by atoms with Crippen molar-refractivity contribution in [1.29, 1.82) is 0 Å². The second-order valence-corrected chi connectivity index (χ2v) is 5.79. The largest absolute Gasteiger partial charge is 0.391 e. The van der Waals surface area contributed by atoms with Gasteiger partial charge in [-0.25, -0.2) is 9.97 Å². The van der Waals surface area contributed by atoms with Gasteiger partial charge in [0.05, 0.1) is 11.6 Å². The summed E-state index contributed by atoms with van der Waals surface area (Å²) in [5.74, 6) is 0.501. The number of carbonyl (C=O) groups excluding carboxylic acids is 1. The predicted octanol–water partition coefficient (Wildman–Crippen LogP) is 0.721. The zero-order valence-corrected chi connectivity index (χ0v) is 12.2. The van der Waals surface area contributed by atoms with Crippen molar-refractivity contribution in [3.63, 3.8) is 0 Å². The third kappa shape index (κ3) is 3.07. The summed E-state index contributed by atoms with van der Waals surface area (Å²) < 4.78 is 0. The lowest BCUT2D eigenvalue weighted by Gasteiger charge is -2.32. The summed E-state index contributed by atoms with van der Waals surface area (Å²) in [7, 11) is 0. The van der Waals surface area contributed by atoms with E-state index in [4.69, 9.17) is 0 Å². The van der Waals surface area contributed by atoms with Gasteiger partial charge in [0.15, 0.2) is 0 Å². The summed E-state index contributed by atoms with van der Waals surface area (Å²) in [6.45, 7) is 6.08. The van der Waals surface area contributed by atoms with Crippen LogP contribution in [-0.2, 0) is 4.79 Å². The standard InChI is InChI=1S/C14H22N4O2/c1-10(19)14(2,3)17-12(20)11-6-4-9-18(11)13-15-7-5-8-16-13/h5,7-8,10-11,19H,4,6,9H2,1-3H3,(H,17,20). The average molecular weight is 278 g/mol. The van der Waals surface area contributed by atoms with Crippen LogP contribution in [0.15, 0.2) is 18.5 Å². The number of hydrogen-bond acceptors (Lipinski definition) is 5. The van der Waals surface area contributed by atoms with Crippen LogP contribution in [0.5, 0.6) is 0 Å². The maximum atomic E-state index is 12.4. The monoisotopic (exact) mass is 278 g/mol. The Bertz CT molecular complexity index is 462. The fraction of sp³-hybridized carbons (Fsp3) is 0.643. The zero-order chi connectivity index (χ0) is 14.8. The molecule has 1 aliphatic heterocycles. The van der Waals surface area contributed by atoms with Crippen LogP contribution < -0.4 is 10.2 Å². The summed E-state index contributed by atoms with van der Waals surface area (Å²) in [6, 6.07) is 1.49. The molecule has 0 spiro atoms. The van der Waals surface area contributed by atoms with Gasteiger partial charge < -0.3 is 15.3 Å². The van der Waals surface area contributed by atoms with Gasteiger partial charge in [0.25, 0.3) is 0 Å². The molecule has 1 amide bonds. The number of rotatable bonds is 4. The number of anilines is 1. The first-order valence-electron chi connectivity index (χ1n) is 6.95. The van der Waals surface area contributed by atoms with Crippen LogP contribution >= 0.6 is 0 Å². The minimum absolute atomic E-state index is 0.0825. The van der Waals surface area contributed by atoms with Gasteiger partial charge in [-0.05, 0) is 39.7 Å². The SMILES string of the molecule is CC(O)C(C)(C)NC(=O)C1CCCN1c1ncccn1. The quantitative estimate of drug-likeness (QED) is 0.848. The van der Waals surface area contributed by atoms with E-state index in [2.05, 4.69) is 15.3 Å². The van der Waals surface area contributed by atoms with Gasteiger partial charge in [-0.3, -0.25) is 4.79 Å². The van der Waals surface area contributed by atoms with E-state index in [0.29, 0.717) is 5.95 Å². The molecular formula is C14H22N4O2. The normalized spacial score (nSPS) is 20.8. The first kappa shape index (κ1) is 14.7. The van der Waals surface area contributed by atoms with Crippen molar-refractivity contribution in [3.05, 3.63) is 18.5 Å². The van der Waals surface area contributed by atoms with Gasteiger partial charge in [-0.1, -0.05) is 0 Å². The van der Waals surface area contributed by atoms with Crippen molar-refractivity contribution in [2.75, 3.05) is 11.4 Å². The molecule has 6 heteroatoms. The second-order valence-electron chi connectivity index (χ2n) is 5.79. The number of nitrogens with one attached hydrogen (secondary N) is 1. The molecule has 6 nitrogen and oxygen atoms in total. The molecule has 1 aromatic rings. The third-order valence-electron chi connectivity index (χ3n) is 3.85. The van der Waals surface area contributed by atoms with Crippen LogP contribution in [0, 0.1) is 0 Å². The summed E-state index contributed by atoms with van der Waals surface area (Å²) in [5.41, 5.74) is -0.650. The molecular weight excluding hydrogens is 256 g/mol. The van der Waals surface area contributed by atoms with Crippen LogP contribution in [0.25, 0.3) is 0 Å². The van der Waals surface area contributed by atoms with E-state index in [1.165, 1.54) is 0 Å². The molecule has 1 fully saturated rings. The molecule has 2 unspecified atom stereocenters. The molecule has 2 heterocycles. The molecule has 0 aliphatic carbocycles. The summed E-state index contributed by atoms with van der Waals surface area (Å²) in [6.07, 6.45) is 4.45. The van der Waals surface area contributed by atoms with Crippen LogP contribution in [-0.4, -0.2) is 45.2 Å². The van der Waals surface area contributed by atoms with Gasteiger partial charge >= 0.3 is 0 Å². The number of aliphatic hydroxyl groups is 1. The van der Waals surface area contributed by atoms with E-state index in [0.717, 1.165) is 19.4 Å². The minimum atomic E-state index is -0.650. The van der Waals surface area contributed by atoms with E-state index >= 15 is 0 Å². The zero-order valence-electron chi connectivity index (χ0n) is 12.2. The van der Waals surface area contributed by atoms with E-state index < -0.39 is 11.6 Å². The van der Waals surface area contributed by atoms with Crippen molar-refractivity contribution in [2.24, 2.45) is 0 Å². The van der Waals surface area contributed by atoms with Gasteiger partial charge in [-0.15, -0.1) is 0 Å². The van der Waals surface area contributed by atoms with Crippen LogP contribution in [0.4, 0.5) is 5.95 Å². The molecule has 1 aromatic heterocycles. The van der Waals surface area contributed by atoms with Crippen molar-refractivity contribution in [1.82, 2.24) is 15.3 Å². The second kappa shape index (κ2) is 5.75. The van der Waals surface area contributed by atoms with Crippen LogP contribution in [0.3, 0.4) is 0 Å². The fourth-order valence-electron chi connectivity index (χ4n) is 2.22. The Morgan fingerprint density at radius 2 is 2.15 bits per heavy atom. The smallest absolute Gasteiger partial charge is 0.243 e. The van der Waals surface area contributed by atoms with E-state index in [1.807, 2.05) is 18.7 Å². The number of aromatic nitrogens is 2. The molecule has 0 radical (unpaired) electrons. The lowest BCUT2D eigenvalue weighted by atomic mass is 9.98. The highest BCUT2D eigenvalue weighted by Crippen LogP contribution is 2.23. The molecule has 110 valence electrons. The molecule has 2 N–H and O–H groups in total. The Morgan fingerprint density at radius 1 is 1.50 bits per heavy atom. The molecule has 0 saturated carbocycles. The molecule has 20 heavy (non-hydrogen) atoms. The highest BCUT2D eigenvalue weighted by atomic mass is 16.3. The number of carbonyl (C=O) groups is 1. The topological polar surface area (TPSA) is 78.4 Å². The molecule has 2 rings (SSSR count). The summed E-state index contributed by atoms with van der Waals surface area (Å²) in [4.78, 5) is 22.8. The van der Waals surface area contributed by atoms with Crippen LogP contribution in [0.1, 0.15) is 33.6 Å². The molecule has 0 aromatic carbocycles. The van der Waals surface area contributed by atoms with Gasteiger partial charge in [0.2, 0.25) is 11.9 Å². The Labute approximate surface area is 119 Å². The maximum Gasteiger partial charge on any atom is 0.243 e. The Kier molecular flexibility index (Phi) is 4.23. The highest BCUT2D eigenvalue weighted by molar-refractivity contribution is 5.85. The average Bonchev–Trinajstić information content (AvgIpc) is 2.88. The summed E-state index contributed by atoms with van der Waals surface area (Å²) >= 11 is 0. The molecule has 1 saturated heterocycles. The Balaban J connectivity index is 2.10. The van der Waals surface area contributed by atoms with Crippen molar-refractivity contribution in [2.45, 2.75) is 51.3 Å². The van der Waals surface area contributed by atoms with Gasteiger partial charge in [-0.2, -0.15) is 0 Å². The first-order valence-corrected chi connectivity index (χ1v) is 6.95. The highest BCUT2D eigenvalue weighted by Gasteiger charge is 2.36. The van der Waals surface area contributed by atoms with Crippen molar-refractivity contribution >= 4 is 11.9 Å². The molecule has 1 aliphatic rings. The molecule has 2 atom stereocenters. The number of nitrogens with zero attached hydrogens (tertiary/aromatic N) is 3. The van der Waals surface area contributed by atoms with Crippen molar-refractivity contribution in [3.8, 4) is 0 Å².